The predicted molar refractivity (Wildman–Crippen MR) is 52.5 cm³/mol. The summed E-state index contributed by atoms with van der Waals surface area (Å²) in [6, 6.07) is 1.60. The Balaban J connectivity index is 2.24. The highest BCUT2D eigenvalue weighted by molar-refractivity contribution is 5.88. The zero-order valence-corrected chi connectivity index (χ0v) is 8.95. The third-order valence-electron chi connectivity index (χ3n) is 3.92. The number of nitrogens with zero attached hydrogens (tertiary/aromatic N) is 1. The fourth-order valence-electron chi connectivity index (χ4n) is 3.29. The van der Waals surface area contributed by atoms with Gasteiger partial charge in [-0.2, -0.15) is 0 Å². The van der Waals surface area contributed by atoms with E-state index >= 15 is 0 Å². The third-order valence-corrected chi connectivity index (χ3v) is 3.92. The van der Waals surface area contributed by atoms with Gasteiger partial charge in [-0.25, -0.2) is 0 Å². The Morgan fingerprint density at radius 3 is 2.46 bits per heavy atom. The molecule has 1 unspecified atom stereocenters. The van der Waals surface area contributed by atoms with Crippen LogP contribution in [0.3, 0.4) is 0 Å². The third kappa shape index (κ3) is 1.08. The molecule has 2 bridgehead atoms. The minimum Gasteiger partial charge on any atom is -0.299 e. The summed E-state index contributed by atoms with van der Waals surface area (Å²) in [5, 5.41) is 0. The van der Waals surface area contributed by atoms with Crippen LogP contribution in [0.1, 0.15) is 34.1 Å². The van der Waals surface area contributed by atoms with Crippen molar-refractivity contribution >= 4 is 5.78 Å². The molecule has 13 heavy (non-hydrogen) atoms. The maximum absolute atomic E-state index is 11.7. The van der Waals surface area contributed by atoms with E-state index in [1.54, 1.807) is 0 Å². The van der Waals surface area contributed by atoms with Crippen LogP contribution in [-0.2, 0) is 4.79 Å². The lowest BCUT2D eigenvalue weighted by Gasteiger charge is -2.38. The maximum Gasteiger partial charge on any atom is 0.141 e. The highest BCUT2D eigenvalue weighted by Gasteiger charge is 2.53. The molecular formula is C11H19NO. The van der Waals surface area contributed by atoms with Gasteiger partial charge in [0, 0.05) is 30.0 Å². The van der Waals surface area contributed by atoms with Gasteiger partial charge in [-0.1, -0.05) is 6.92 Å². The van der Waals surface area contributed by atoms with Gasteiger partial charge in [-0.05, 0) is 27.2 Å². The first-order valence-electron chi connectivity index (χ1n) is 5.35. The van der Waals surface area contributed by atoms with E-state index in [0.29, 0.717) is 29.8 Å². The fraction of sp³-hybridized carbons (Fsp3) is 0.909. The Morgan fingerprint density at radius 2 is 2.00 bits per heavy atom. The molecule has 1 aliphatic heterocycles. The monoisotopic (exact) mass is 181 g/mol. The molecular weight excluding hydrogens is 162 g/mol. The second-order valence-electron chi connectivity index (χ2n) is 4.88. The van der Waals surface area contributed by atoms with Crippen molar-refractivity contribution in [2.24, 2.45) is 11.8 Å². The summed E-state index contributed by atoms with van der Waals surface area (Å²) < 4.78 is 0. The first-order valence-corrected chi connectivity index (χ1v) is 5.35. The summed E-state index contributed by atoms with van der Waals surface area (Å²) in [7, 11) is 0. The van der Waals surface area contributed by atoms with Gasteiger partial charge < -0.3 is 0 Å². The number of ketones is 1. The van der Waals surface area contributed by atoms with Crippen LogP contribution >= 0.6 is 0 Å². The van der Waals surface area contributed by atoms with Gasteiger partial charge in [-0.3, -0.25) is 9.69 Å². The molecule has 0 aromatic rings. The Labute approximate surface area is 80.3 Å². The molecule has 2 fully saturated rings. The van der Waals surface area contributed by atoms with Crippen LogP contribution in [-0.4, -0.2) is 28.8 Å². The number of hydrogen-bond donors (Lipinski definition) is 0. The van der Waals surface area contributed by atoms with Crippen molar-refractivity contribution in [3.8, 4) is 0 Å². The molecule has 2 heteroatoms. The number of fused-ring (bicyclic) bond motifs is 2. The van der Waals surface area contributed by atoms with Gasteiger partial charge in [0.25, 0.3) is 0 Å². The van der Waals surface area contributed by atoms with Gasteiger partial charge >= 0.3 is 0 Å². The second-order valence-corrected chi connectivity index (χ2v) is 4.88. The normalized spacial score (nSPS) is 45.2. The lowest BCUT2D eigenvalue weighted by atomic mass is 9.92. The summed E-state index contributed by atoms with van der Waals surface area (Å²) in [5.74, 6) is 1.13. The Bertz CT molecular complexity index is 236. The smallest absolute Gasteiger partial charge is 0.141 e. The molecule has 0 spiro atoms. The zero-order valence-electron chi connectivity index (χ0n) is 8.95. The van der Waals surface area contributed by atoms with Gasteiger partial charge in [-0.15, -0.1) is 0 Å². The summed E-state index contributed by atoms with van der Waals surface area (Å²) in [6.45, 7) is 8.76. The van der Waals surface area contributed by atoms with Crippen LogP contribution < -0.4 is 0 Å². The number of likely N-dealkylation sites (tertiary alicyclic amines) is 1. The predicted octanol–water partition coefficient (Wildman–Crippen LogP) is 1.69. The van der Waals surface area contributed by atoms with Crippen LogP contribution in [0.4, 0.5) is 0 Å². The number of carbonyl (C=O) groups is 1. The van der Waals surface area contributed by atoms with Crippen LogP contribution in [0, 0.1) is 11.8 Å². The molecule has 74 valence electrons. The van der Waals surface area contributed by atoms with Crippen LogP contribution in [0.25, 0.3) is 0 Å². The number of piperidine rings is 1. The zero-order chi connectivity index (χ0) is 9.75. The minimum absolute atomic E-state index is 0.281. The van der Waals surface area contributed by atoms with Crippen LogP contribution in [0.5, 0.6) is 0 Å². The topological polar surface area (TPSA) is 20.3 Å². The van der Waals surface area contributed by atoms with Crippen LogP contribution in [0.2, 0.25) is 0 Å². The summed E-state index contributed by atoms with van der Waals surface area (Å²) in [5.41, 5.74) is 0. The Hall–Kier alpha value is -0.370. The molecule has 0 aromatic carbocycles. The van der Waals surface area contributed by atoms with Gasteiger partial charge in [0.15, 0.2) is 0 Å². The molecule has 1 heterocycles. The van der Waals surface area contributed by atoms with E-state index in [1.807, 2.05) is 0 Å². The number of rotatable bonds is 1. The van der Waals surface area contributed by atoms with Crippen molar-refractivity contribution in [1.82, 2.24) is 4.90 Å². The molecule has 0 radical (unpaired) electrons. The SMILES string of the molecule is CC1C(=O)[C@H]2C[C@@H]1N(C(C)C)[C@@H]2C. The largest absolute Gasteiger partial charge is 0.299 e. The van der Waals surface area contributed by atoms with E-state index in [-0.39, 0.29) is 5.92 Å². The molecule has 1 saturated carbocycles. The molecule has 1 aliphatic carbocycles. The average molecular weight is 181 g/mol. The number of carbonyl (C=O) groups excluding carboxylic acids is 1. The van der Waals surface area contributed by atoms with Gasteiger partial charge in [0.1, 0.15) is 5.78 Å². The molecule has 0 amide bonds. The quantitative estimate of drug-likeness (QED) is 0.613. The van der Waals surface area contributed by atoms with Gasteiger partial charge in [0.05, 0.1) is 0 Å². The minimum atomic E-state index is 0.281. The molecule has 0 N–H and O–H groups in total. The van der Waals surface area contributed by atoms with Crippen molar-refractivity contribution in [1.29, 1.82) is 0 Å². The number of Topliss-reactive ketones (excluding diaryl/α,β-unsaturated/α-hetero) is 1. The highest BCUT2D eigenvalue weighted by Crippen LogP contribution is 2.44. The lowest BCUT2D eigenvalue weighted by Crippen LogP contribution is -2.50. The molecule has 0 aromatic heterocycles. The van der Waals surface area contributed by atoms with Crippen molar-refractivity contribution in [3.05, 3.63) is 0 Å². The van der Waals surface area contributed by atoms with E-state index in [2.05, 4.69) is 32.6 Å². The molecule has 1 saturated heterocycles. The summed E-state index contributed by atoms with van der Waals surface area (Å²) >= 11 is 0. The first kappa shape index (κ1) is 9.20. The van der Waals surface area contributed by atoms with Gasteiger partial charge in [0.2, 0.25) is 0 Å². The van der Waals surface area contributed by atoms with Crippen molar-refractivity contribution in [2.75, 3.05) is 0 Å². The van der Waals surface area contributed by atoms with E-state index in [4.69, 9.17) is 0 Å². The lowest BCUT2D eigenvalue weighted by molar-refractivity contribution is -0.129. The Kier molecular flexibility index (Phi) is 1.99. The van der Waals surface area contributed by atoms with Crippen molar-refractivity contribution in [3.63, 3.8) is 0 Å². The molecule has 2 nitrogen and oxygen atoms in total. The molecule has 4 atom stereocenters. The fourth-order valence-corrected chi connectivity index (χ4v) is 3.29. The van der Waals surface area contributed by atoms with E-state index < -0.39 is 0 Å². The number of hydrogen-bond acceptors (Lipinski definition) is 2. The first-order chi connectivity index (χ1) is 6.04. The average Bonchev–Trinajstić information content (AvgIpc) is 2.50. The summed E-state index contributed by atoms with van der Waals surface area (Å²) in [4.78, 5) is 14.2. The summed E-state index contributed by atoms with van der Waals surface area (Å²) in [6.07, 6.45) is 1.11. The van der Waals surface area contributed by atoms with E-state index in [9.17, 15) is 4.79 Å². The highest BCUT2D eigenvalue weighted by atomic mass is 16.1. The van der Waals surface area contributed by atoms with Crippen molar-refractivity contribution < 1.29 is 4.79 Å². The van der Waals surface area contributed by atoms with Crippen molar-refractivity contribution in [2.45, 2.75) is 52.2 Å². The van der Waals surface area contributed by atoms with E-state index in [1.165, 1.54) is 0 Å². The van der Waals surface area contributed by atoms with E-state index in [0.717, 1.165) is 6.42 Å². The standard InChI is InChI=1S/C11H19NO/c1-6(2)12-8(4)9-5-10(12)7(3)11(9)13/h6-10H,5H2,1-4H3/t7?,8-,9+,10+/m1/s1. The Morgan fingerprint density at radius 1 is 1.38 bits per heavy atom. The van der Waals surface area contributed by atoms with Crippen LogP contribution in [0.15, 0.2) is 0 Å². The maximum atomic E-state index is 11.7. The second kappa shape index (κ2) is 2.81. The molecule has 2 aliphatic rings. The molecule has 2 rings (SSSR count).